The van der Waals surface area contributed by atoms with E-state index in [0.717, 1.165) is 11.8 Å². The number of nitrogens with one attached hydrogen (secondary N) is 2. The van der Waals surface area contributed by atoms with Gasteiger partial charge in [0, 0.05) is 0 Å². The van der Waals surface area contributed by atoms with Crippen molar-refractivity contribution in [3.8, 4) is 5.75 Å². The Morgan fingerprint density at radius 3 is 2.56 bits per heavy atom. The van der Waals surface area contributed by atoms with E-state index in [1.807, 2.05) is 0 Å². The normalized spacial score (nSPS) is 17.1. The molecule has 0 atom stereocenters. The molecule has 5 nitrogen and oxygen atoms in total. The molecule has 0 bridgehead atoms. The van der Waals surface area contributed by atoms with E-state index >= 15 is 0 Å². The summed E-state index contributed by atoms with van der Waals surface area (Å²) >= 11 is 0. The highest BCUT2D eigenvalue weighted by Gasteiger charge is 2.17. The van der Waals surface area contributed by atoms with Gasteiger partial charge in [-0.2, -0.15) is 0 Å². The maximum absolute atomic E-state index is 11.4. The van der Waals surface area contributed by atoms with Crippen molar-refractivity contribution < 1.29 is 9.90 Å². The maximum atomic E-state index is 11.4. The van der Waals surface area contributed by atoms with Gasteiger partial charge in [-0.05, 0) is 23.8 Å². The number of rotatable bonds is 2. The van der Waals surface area contributed by atoms with Crippen molar-refractivity contribution in [2.45, 2.75) is 0 Å². The lowest BCUT2D eigenvalue weighted by Gasteiger charge is -1.95. The number of hydrogen-bond acceptors (Lipinski definition) is 4. The van der Waals surface area contributed by atoms with E-state index in [9.17, 15) is 4.79 Å². The molecule has 0 radical (unpaired) electrons. The van der Waals surface area contributed by atoms with Crippen LogP contribution in [-0.2, 0) is 4.79 Å². The molecule has 80 valence electrons. The molecule has 0 spiro atoms. The Balaban J connectivity index is 2.31. The summed E-state index contributed by atoms with van der Waals surface area (Å²) in [6.07, 6.45) is 2.57. The van der Waals surface area contributed by atoms with Gasteiger partial charge in [0.2, 0.25) is 0 Å². The summed E-state index contributed by atoms with van der Waals surface area (Å²) in [7, 11) is 0. The molecule has 1 aliphatic rings. The van der Waals surface area contributed by atoms with Gasteiger partial charge in [0.05, 0.1) is 6.21 Å². The lowest BCUT2D eigenvalue weighted by atomic mass is 10.2. The van der Waals surface area contributed by atoms with Crippen molar-refractivity contribution in [2.24, 2.45) is 4.99 Å². The molecule has 0 aliphatic carbocycles. The van der Waals surface area contributed by atoms with Gasteiger partial charge in [-0.3, -0.25) is 4.79 Å². The fraction of sp³-hybridized carbons (Fsp3) is 0. The highest BCUT2D eigenvalue weighted by molar-refractivity contribution is 6.36. The van der Waals surface area contributed by atoms with Gasteiger partial charge in [0.25, 0.3) is 5.91 Å². The maximum Gasteiger partial charge on any atom is 0.275 e. The molecule has 1 aromatic carbocycles. The first kappa shape index (κ1) is 10.1. The van der Waals surface area contributed by atoms with Crippen LogP contribution >= 0.6 is 0 Å². The van der Waals surface area contributed by atoms with Gasteiger partial charge < -0.3 is 15.8 Å². The summed E-state index contributed by atoms with van der Waals surface area (Å²) in [5.74, 6) is 0.0725. The van der Waals surface area contributed by atoms with Crippen LogP contribution in [0.25, 0.3) is 6.08 Å². The molecule has 0 unspecified atom stereocenters. The molecular weight excluding hydrogens is 206 g/mol. The van der Waals surface area contributed by atoms with Crippen LogP contribution in [0.2, 0.25) is 0 Å². The van der Waals surface area contributed by atoms with Crippen molar-refractivity contribution in [3.63, 3.8) is 0 Å². The van der Waals surface area contributed by atoms with Crippen LogP contribution < -0.4 is 5.32 Å². The minimum atomic E-state index is -0.327. The number of carbonyl (C=O) groups is 1. The Bertz CT molecular complexity index is 500. The van der Waals surface area contributed by atoms with Crippen LogP contribution in [-0.4, -0.2) is 23.1 Å². The molecule has 0 fully saturated rings. The summed E-state index contributed by atoms with van der Waals surface area (Å²) in [5.41, 5.74) is 1.02. The number of amidine groups is 1. The van der Waals surface area contributed by atoms with E-state index < -0.39 is 0 Å². The van der Waals surface area contributed by atoms with Crippen molar-refractivity contribution >= 4 is 24.0 Å². The molecule has 0 saturated heterocycles. The number of phenols is 1. The van der Waals surface area contributed by atoms with E-state index in [0.29, 0.717) is 0 Å². The van der Waals surface area contributed by atoms with Crippen LogP contribution in [0, 0.1) is 5.41 Å². The average Bonchev–Trinajstić information content (AvgIpc) is 2.63. The first-order chi connectivity index (χ1) is 7.69. The number of carbonyl (C=O) groups excluding carboxylic acids is 1. The molecule has 0 aromatic heterocycles. The fourth-order valence-electron chi connectivity index (χ4n) is 1.28. The van der Waals surface area contributed by atoms with Crippen molar-refractivity contribution in [2.75, 3.05) is 0 Å². The number of hydrogen-bond donors (Lipinski definition) is 3. The smallest absolute Gasteiger partial charge is 0.275 e. The van der Waals surface area contributed by atoms with E-state index in [4.69, 9.17) is 10.5 Å². The van der Waals surface area contributed by atoms with Gasteiger partial charge in [-0.15, -0.1) is 0 Å². The molecular formula is C11H9N3O2. The van der Waals surface area contributed by atoms with Crippen LogP contribution in [0.3, 0.4) is 0 Å². The first-order valence-electron chi connectivity index (χ1n) is 4.60. The van der Waals surface area contributed by atoms with Gasteiger partial charge in [0.1, 0.15) is 11.4 Å². The molecule has 1 aromatic rings. The summed E-state index contributed by atoms with van der Waals surface area (Å²) in [6, 6.07) is 6.40. The summed E-state index contributed by atoms with van der Waals surface area (Å²) < 4.78 is 0. The van der Waals surface area contributed by atoms with Crippen LogP contribution in [0.4, 0.5) is 0 Å². The third-order valence-corrected chi connectivity index (χ3v) is 2.05. The van der Waals surface area contributed by atoms with Crippen molar-refractivity contribution in [3.05, 3.63) is 35.5 Å². The number of benzene rings is 1. The predicted molar refractivity (Wildman–Crippen MR) is 60.4 cm³/mol. The third kappa shape index (κ3) is 1.98. The summed E-state index contributed by atoms with van der Waals surface area (Å²) in [6.45, 7) is 0. The molecule has 1 heterocycles. The van der Waals surface area contributed by atoms with E-state index in [1.165, 1.54) is 12.1 Å². The van der Waals surface area contributed by atoms with Crippen LogP contribution in [0.15, 0.2) is 35.0 Å². The molecule has 2 rings (SSSR count). The highest BCUT2D eigenvalue weighted by atomic mass is 16.3. The topological polar surface area (TPSA) is 85.5 Å². The van der Waals surface area contributed by atoms with E-state index in [2.05, 4.69) is 10.3 Å². The Kier molecular flexibility index (Phi) is 2.51. The highest BCUT2D eigenvalue weighted by Crippen LogP contribution is 2.14. The fourth-order valence-corrected chi connectivity index (χ4v) is 1.28. The third-order valence-electron chi connectivity index (χ3n) is 2.05. The molecule has 3 N–H and O–H groups in total. The second kappa shape index (κ2) is 3.98. The van der Waals surface area contributed by atoms with Crippen molar-refractivity contribution in [1.82, 2.24) is 5.32 Å². The minimum absolute atomic E-state index is 0.168. The molecule has 1 amide bonds. The second-order valence-corrected chi connectivity index (χ2v) is 3.22. The largest absolute Gasteiger partial charge is 0.508 e. The zero-order chi connectivity index (χ0) is 11.5. The van der Waals surface area contributed by atoms with Crippen LogP contribution in [0.5, 0.6) is 5.75 Å². The molecule has 5 heteroatoms. The Hall–Kier alpha value is -2.43. The number of amides is 1. The monoisotopic (exact) mass is 215 g/mol. The van der Waals surface area contributed by atoms with Gasteiger partial charge >= 0.3 is 0 Å². The summed E-state index contributed by atoms with van der Waals surface area (Å²) in [4.78, 5) is 15.3. The standard InChI is InChI=1S/C11H9N3O2/c12-6-10-13-9(11(16)14-10)5-7-1-3-8(15)4-2-7/h1-6,12,15H,(H,13,14,16). The zero-order valence-electron chi connectivity index (χ0n) is 8.27. The van der Waals surface area contributed by atoms with Gasteiger partial charge in [-0.1, -0.05) is 12.1 Å². The number of aliphatic imine (C=N–C) groups is 1. The minimum Gasteiger partial charge on any atom is -0.508 e. The van der Waals surface area contributed by atoms with Crippen LogP contribution in [0.1, 0.15) is 5.56 Å². The zero-order valence-corrected chi connectivity index (χ0v) is 8.27. The van der Waals surface area contributed by atoms with Crippen molar-refractivity contribution in [1.29, 1.82) is 5.41 Å². The quantitative estimate of drug-likeness (QED) is 0.506. The SMILES string of the molecule is N=CC1=NC(=Cc2ccc(O)cc2)C(=O)N1. The molecule has 1 aliphatic heterocycles. The number of phenolic OH excluding ortho intramolecular Hbond substituents is 1. The Labute approximate surface area is 91.6 Å². The van der Waals surface area contributed by atoms with Gasteiger partial charge in [-0.25, -0.2) is 4.99 Å². The average molecular weight is 215 g/mol. The molecule has 0 saturated carbocycles. The first-order valence-corrected chi connectivity index (χ1v) is 4.60. The number of aromatic hydroxyl groups is 1. The Morgan fingerprint density at radius 2 is 2.00 bits per heavy atom. The lowest BCUT2D eigenvalue weighted by molar-refractivity contribution is -0.115. The lowest BCUT2D eigenvalue weighted by Crippen LogP contribution is -2.24. The predicted octanol–water partition coefficient (Wildman–Crippen LogP) is 0.911. The summed E-state index contributed by atoms with van der Waals surface area (Å²) in [5, 5.41) is 18.5. The Morgan fingerprint density at radius 1 is 1.31 bits per heavy atom. The molecule has 16 heavy (non-hydrogen) atoms. The van der Waals surface area contributed by atoms with E-state index in [1.54, 1.807) is 18.2 Å². The second-order valence-electron chi connectivity index (χ2n) is 3.22. The van der Waals surface area contributed by atoms with Gasteiger partial charge in [0.15, 0.2) is 5.84 Å². The number of nitrogens with zero attached hydrogens (tertiary/aromatic N) is 1. The van der Waals surface area contributed by atoms with E-state index in [-0.39, 0.29) is 23.2 Å².